The summed E-state index contributed by atoms with van der Waals surface area (Å²) in [6.45, 7) is 0. The molecule has 64 valence electrons. The molecule has 0 saturated heterocycles. The number of rotatable bonds is 2. The van der Waals surface area contributed by atoms with E-state index >= 15 is 0 Å². The Labute approximate surface area is 63.8 Å². The molecule has 11 heavy (non-hydrogen) atoms. The van der Waals surface area contributed by atoms with Crippen molar-refractivity contribution in [2.75, 3.05) is 0 Å². The molecule has 1 rings (SSSR count). The molecule has 0 aromatic heterocycles. The van der Waals surface area contributed by atoms with E-state index in [1.54, 1.807) is 0 Å². The summed E-state index contributed by atoms with van der Waals surface area (Å²) in [7, 11) is 0. The number of carbonyl (C=O) groups excluding carboxylic acids is 1. The number of halogens is 2. The van der Waals surface area contributed by atoms with Crippen molar-refractivity contribution in [3.05, 3.63) is 0 Å². The van der Waals surface area contributed by atoms with Crippen molar-refractivity contribution in [1.29, 1.82) is 0 Å². The van der Waals surface area contributed by atoms with E-state index in [-0.39, 0.29) is 0 Å². The monoisotopic (exact) mass is 163 g/mol. The first kappa shape index (κ1) is 8.43. The molecular weight excluding hydrogens is 152 g/mol. The highest BCUT2D eigenvalue weighted by Crippen LogP contribution is 2.35. The predicted molar refractivity (Wildman–Crippen MR) is 36.0 cm³/mol. The van der Waals surface area contributed by atoms with E-state index in [2.05, 4.69) is 0 Å². The highest BCUT2D eigenvalue weighted by atomic mass is 19.3. The van der Waals surface area contributed by atoms with Gasteiger partial charge in [0.05, 0.1) is 0 Å². The maximum Gasteiger partial charge on any atom is 0.242 e. The Bertz CT molecular complexity index is 161. The van der Waals surface area contributed by atoms with Crippen molar-refractivity contribution in [1.82, 2.24) is 0 Å². The van der Waals surface area contributed by atoms with Crippen LogP contribution in [0.15, 0.2) is 0 Å². The van der Waals surface area contributed by atoms with Gasteiger partial charge in [0.1, 0.15) is 0 Å². The van der Waals surface area contributed by atoms with Crippen LogP contribution in [0.25, 0.3) is 0 Å². The van der Waals surface area contributed by atoms with Gasteiger partial charge in [-0.05, 0) is 12.8 Å². The van der Waals surface area contributed by atoms with E-state index in [9.17, 15) is 13.6 Å². The lowest BCUT2D eigenvalue weighted by Crippen LogP contribution is -2.29. The zero-order chi connectivity index (χ0) is 8.43. The van der Waals surface area contributed by atoms with Gasteiger partial charge in [-0.3, -0.25) is 4.79 Å². The highest BCUT2D eigenvalue weighted by Gasteiger charge is 2.37. The lowest BCUT2D eigenvalue weighted by molar-refractivity contribution is -0.124. The van der Waals surface area contributed by atoms with Crippen LogP contribution in [0.2, 0.25) is 0 Å². The van der Waals surface area contributed by atoms with Gasteiger partial charge in [-0.25, -0.2) is 8.78 Å². The topological polar surface area (TPSA) is 43.1 Å². The molecule has 4 heteroatoms. The minimum absolute atomic E-state index is 0.436. The van der Waals surface area contributed by atoms with Gasteiger partial charge in [0.25, 0.3) is 0 Å². The summed E-state index contributed by atoms with van der Waals surface area (Å²) < 4.78 is 24.3. The Hall–Kier alpha value is -0.670. The van der Waals surface area contributed by atoms with Crippen molar-refractivity contribution in [3.63, 3.8) is 0 Å². The van der Waals surface area contributed by atoms with Gasteiger partial charge in [-0.15, -0.1) is 0 Å². The lowest BCUT2D eigenvalue weighted by Gasteiger charge is -2.14. The second kappa shape index (κ2) is 3.15. The first-order valence-corrected chi connectivity index (χ1v) is 3.70. The summed E-state index contributed by atoms with van der Waals surface area (Å²) in [5.41, 5.74) is 4.95. The summed E-state index contributed by atoms with van der Waals surface area (Å²) in [5.74, 6) is -1.95. The molecule has 1 amide bonds. The minimum Gasteiger partial charge on any atom is -0.369 e. The number of nitrogens with two attached hydrogens (primary N) is 1. The standard InChI is InChI=1S/C7H11F2NO/c8-6(9)4-2-1-3-5(4)7(10)11/h4-6H,1-3H2,(H2,10,11). The number of alkyl halides is 2. The molecule has 2 unspecified atom stereocenters. The number of primary amides is 1. The Morgan fingerprint density at radius 1 is 1.45 bits per heavy atom. The number of hydrogen-bond acceptors (Lipinski definition) is 1. The first-order valence-electron chi connectivity index (χ1n) is 3.70. The Balaban J connectivity index is 2.58. The van der Waals surface area contributed by atoms with E-state index < -0.39 is 24.2 Å². The lowest BCUT2D eigenvalue weighted by atomic mass is 9.96. The van der Waals surface area contributed by atoms with E-state index in [1.165, 1.54) is 0 Å². The third-order valence-corrected chi connectivity index (χ3v) is 2.26. The normalized spacial score (nSPS) is 31.2. The average Bonchev–Trinajstić information content (AvgIpc) is 2.32. The van der Waals surface area contributed by atoms with Gasteiger partial charge in [0, 0.05) is 11.8 Å². The summed E-state index contributed by atoms with van der Waals surface area (Å²) in [6, 6.07) is 0. The third kappa shape index (κ3) is 1.67. The summed E-state index contributed by atoms with van der Waals surface area (Å²) in [4.78, 5) is 10.6. The van der Waals surface area contributed by atoms with E-state index in [4.69, 9.17) is 5.73 Å². The van der Waals surface area contributed by atoms with Gasteiger partial charge in [-0.2, -0.15) is 0 Å². The molecule has 1 saturated carbocycles. The molecule has 2 nitrogen and oxygen atoms in total. The molecule has 0 heterocycles. The third-order valence-electron chi connectivity index (χ3n) is 2.26. The van der Waals surface area contributed by atoms with Crippen molar-refractivity contribution < 1.29 is 13.6 Å². The molecule has 2 N–H and O–H groups in total. The SMILES string of the molecule is NC(=O)C1CCCC1C(F)F. The quantitative estimate of drug-likeness (QED) is 0.652. The zero-order valence-electron chi connectivity index (χ0n) is 6.09. The fraction of sp³-hybridized carbons (Fsp3) is 0.857. The van der Waals surface area contributed by atoms with Crippen LogP contribution >= 0.6 is 0 Å². The van der Waals surface area contributed by atoms with E-state index in [0.29, 0.717) is 19.3 Å². The van der Waals surface area contributed by atoms with Gasteiger partial charge < -0.3 is 5.73 Å². The molecule has 0 spiro atoms. The molecule has 0 aromatic carbocycles. The van der Waals surface area contributed by atoms with E-state index in [1.807, 2.05) is 0 Å². The summed E-state index contributed by atoms with van der Waals surface area (Å²) >= 11 is 0. The largest absolute Gasteiger partial charge is 0.369 e. The van der Waals surface area contributed by atoms with Crippen LogP contribution in [0, 0.1) is 11.8 Å². The van der Waals surface area contributed by atoms with Gasteiger partial charge in [0.15, 0.2) is 0 Å². The summed E-state index contributed by atoms with van der Waals surface area (Å²) in [6.07, 6.45) is -0.729. The fourth-order valence-electron chi connectivity index (χ4n) is 1.64. The number of amides is 1. The smallest absolute Gasteiger partial charge is 0.242 e. The summed E-state index contributed by atoms with van der Waals surface area (Å²) in [5, 5.41) is 0. The van der Waals surface area contributed by atoms with Crippen LogP contribution in [0.1, 0.15) is 19.3 Å². The van der Waals surface area contributed by atoms with E-state index in [0.717, 1.165) is 0 Å². The van der Waals surface area contributed by atoms with Gasteiger partial charge >= 0.3 is 0 Å². The first-order chi connectivity index (χ1) is 5.13. The molecule has 0 bridgehead atoms. The molecule has 0 aromatic rings. The van der Waals surface area contributed by atoms with Crippen molar-refractivity contribution in [2.24, 2.45) is 17.6 Å². The molecule has 1 aliphatic rings. The van der Waals surface area contributed by atoms with Crippen LogP contribution < -0.4 is 5.73 Å². The molecule has 0 radical (unpaired) electrons. The van der Waals surface area contributed by atoms with Crippen LogP contribution in [0.4, 0.5) is 8.78 Å². The van der Waals surface area contributed by atoms with Crippen molar-refractivity contribution >= 4 is 5.91 Å². The number of hydrogen-bond donors (Lipinski definition) is 1. The van der Waals surface area contributed by atoms with Crippen LogP contribution in [0.3, 0.4) is 0 Å². The molecule has 2 atom stereocenters. The zero-order valence-corrected chi connectivity index (χ0v) is 6.09. The average molecular weight is 163 g/mol. The second-order valence-electron chi connectivity index (χ2n) is 2.94. The van der Waals surface area contributed by atoms with Gasteiger partial charge in [-0.1, -0.05) is 6.42 Å². The predicted octanol–water partition coefficient (Wildman–Crippen LogP) is 1.15. The highest BCUT2D eigenvalue weighted by molar-refractivity contribution is 5.77. The minimum atomic E-state index is -2.39. The molecule has 1 fully saturated rings. The van der Waals surface area contributed by atoms with Crippen molar-refractivity contribution in [3.8, 4) is 0 Å². The van der Waals surface area contributed by atoms with Crippen LogP contribution in [-0.4, -0.2) is 12.3 Å². The molecule has 1 aliphatic carbocycles. The van der Waals surface area contributed by atoms with Crippen LogP contribution in [-0.2, 0) is 4.79 Å². The molecular formula is C7H11F2NO. The fourth-order valence-corrected chi connectivity index (χ4v) is 1.64. The van der Waals surface area contributed by atoms with Gasteiger partial charge in [0.2, 0.25) is 12.3 Å². The molecule has 0 aliphatic heterocycles. The number of carbonyl (C=O) groups is 1. The maximum absolute atomic E-state index is 12.1. The Morgan fingerprint density at radius 3 is 2.45 bits per heavy atom. The second-order valence-corrected chi connectivity index (χ2v) is 2.94. The van der Waals surface area contributed by atoms with Crippen LogP contribution in [0.5, 0.6) is 0 Å². The Kier molecular flexibility index (Phi) is 2.42. The maximum atomic E-state index is 12.1. The van der Waals surface area contributed by atoms with Crippen molar-refractivity contribution in [2.45, 2.75) is 25.7 Å². The Morgan fingerprint density at radius 2 is 2.09 bits per heavy atom.